The van der Waals surface area contributed by atoms with Gasteiger partial charge in [-0.25, -0.2) is 5.48 Å². The topological polar surface area (TPSA) is 120 Å². The number of benzene rings is 2. The molecular formula is C41H65N3O6. The number of hydroxylamine groups is 1. The maximum Gasteiger partial charge on any atom is 0.243 e. The fourth-order valence-electron chi connectivity index (χ4n) is 6.64. The number of anilines is 1. The smallest absolute Gasteiger partial charge is 0.243 e. The van der Waals surface area contributed by atoms with Crippen molar-refractivity contribution < 1.29 is 29.4 Å². The van der Waals surface area contributed by atoms with Gasteiger partial charge in [0.1, 0.15) is 0 Å². The van der Waals surface area contributed by atoms with Crippen LogP contribution in [0.2, 0.25) is 0 Å². The van der Waals surface area contributed by atoms with Crippen molar-refractivity contribution >= 4 is 17.5 Å². The van der Waals surface area contributed by atoms with Crippen molar-refractivity contribution in [3.8, 4) is 0 Å². The molecule has 0 aromatic heterocycles. The van der Waals surface area contributed by atoms with Gasteiger partial charge in [0.05, 0.1) is 18.8 Å². The summed E-state index contributed by atoms with van der Waals surface area (Å²) < 4.78 is 13.4. The van der Waals surface area contributed by atoms with Gasteiger partial charge < -0.3 is 24.8 Å². The highest BCUT2D eigenvalue weighted by Crippen LogP contribution is 2.39. The summed E-state index contributed by atoms with van der Waals surface area (Å²) in [6.45, 7) is 7.55. The molecule has 0 saturated carbocycles. The fourth-order valence-corrected chi connectivity index (χ4v) is 6.64. The van der Waals surface area contributed by atoms with Gasteiger partial charge in [0.25, 0.3) is 0 Å². The normalized spacial score (nSPS) is 17.6. The number of aliphatic hydroxyl groups is 1. The molecule has 0 aliphatic carbocycles. The van der Waals surface area contributed by atoms with Crippen molar-refractivity contribution in [1.29, 1.82) is 0 Å². The first-order valence-corrected chi connectivity index (χ1v) is 19.5. The Balaban J connectivity index is 1.69. The minimum Gasteiger partial charge on any atom is -0.392 e. The zero-order valence-electron chi connectivity index (χ0n) is 30.9. The van der Waals surface area contributed by atoms with Crippen molar-refractivity contribution in [2.24, 2.45) is 0 Å². The highest BCUT2D eigenvalue weighted by Gasteiger charge is 2.33. The van der Waals surface area contributed by atoms with E-state index in [1.54, 1.807) is 5.48 Å². The predicted octanol–water partition coefficient (Wildman–Crippen LogP) is 9.14. The first-order valence-electron chi connectivity index (χ1n) is 19.5. The van der Waals surface area contributed by atoms with E-state index in [-0.39, 0.29) is 31.1 Å². The van der Waals surface area contributed by atoms with Crippen molar-refractivity contribution in [3.63, 3.8) is 0 Å². The molecule has 1 fully saturated rings. The number of aliphatic hydroxyl groups excluding tert-OH is 1. The number of ether oxygens (including phenoxy) is 2. The van der Waals surface area contributed by atoms with Crippen molar-refractivity contribution in [3.05, 3.63) is 65.2 Å². The summed E-state index contributed by atoms with van der Waals surface area (Å²) in [5, 5.41) is 21.3. The Bertz CT molecular complexity index is 1190. The molecule has 280 valence electrons. The van der Waals surface area contributed by atoms with E-state index in [4.69, 9.17) is 14.7 Å². The molecular weight excluding hydrogens is 630 g/mol. The first-order chi connectivity index (χ1) is 24.4. The Morgan fingerprint density at radius 2 is 1.34 bits per heavy atom. The van der Waals surface area contributed by atoms with Gasteiger partial charge in [0.2, 0.25) is 11.8 Å². The Kier molecular flexibility index (Phi) is 21.0. The molecule has 2 aromatic carbocycles. The summed E-state index contributed by atoms with van der Waals surface area (Å²) in [6.07, 6.45) is 17.9. The maximum absolute atomic E-state index is 12.7. The molecule has 2 aromatic rings. The molecule has 0 bridgehead atoms. The molecule has 1 aliphatic heterocycles. The number of nitrogens with zero attached hydrogens (tertiary/aromatic N) is 1. The van der Waals surface area contributed by atoms with E-state index in [0.717, 1.165) is 49.2 Å². The van der Waals surface area contributed by atoms with E-state index < -0.39 is 12.2 Å². The molecule has 0 unspecified atom stereocenters. The monoisotopic (exact) mass is 695 g/mol. The molecule has 9 heteroatoms. The van der Waals surface area contributed by atoms with Crippen molar-refractivity contribution in [2.75, 3.05) is 25.0 Å². The second-order valence-corrected chi connectivity index (χ2v) is 14.0. The van der Waals surface area contributed by atoms with Gasteiger partial charge >= 0.3 is 0 Å². The molecule has 3 atom stereocenters. The molecule has 50 heavy (non-hydrogen) atoms. The molecule has 3 rings (SSSR count). The Morgan fingerprint density at radius 3 is 1.96 bits per heavy atom. The largest absolute Gasteiger partial charge is 0.392 e. The highest BCUT2D eigenvalue weighted by molar-refractivity contribution is 5.90. The third-order valence-corrected chi connectivity index (χ3v) is 9.61. The van der Waals surface area contributed by atoms with Gasteiger partial charge in [-0.3, -0.25) is 14.8 Å². The SMILES string of the molecule is CCCCCCCCN(CCCCCCCC)C[C@@H]1C[C@H](c2ccc(CO)cc2)O[C@H](c2cccc(NC(=O)CCCCCC(=O)NO)c2)O1. The van der Waals surface area contributed by atoms with E-state index in [2.05, 4.69) is 24.1 Å². The van der Waals surface area contributed by atoms with E-state index in [1.165, 1.54) is 77.0 Å². The number of carbonyl (C=O) groups is 2. The summed E-state index contributed by atoms with van der Waals surface area (Å²) in [4.78, 5) is 26.5. The number of carbonyl (C=O) groups excluding carboxylic acids is 2. The quantitative estimate of drug-likeness (QED) is 0.0440. The van der Waals surface area contributed by atoms with Crippen LogP contribution in [0.15, 0.2) is 48.5 Å². The highest BCUT2D eigenvalue weighted by atomic mass is 16.7. The van der Waals surface area contributed by atoms with E-state index >= 15 is 0 Å². The van der Waals surface area contributed by atoms with Crippen molar-refractivity contribution in [1.82, 2.24) is 10.4 Å². The molecule has 1 aliphatic rings. The Morgan fingerprint density at radius 1 is 0.740 bits per heavy atom. The Labute approximate surface area is 301 Å². The van der Waals surface area contributed by atoms with Gasteiger partial charge in [-0.05, 0) is 62.0 Å². The zero-order chi connectivity index (χ0) is 35.8. The van der Waals surface area contributed by atoms with Gasteiger partial charge in [0, 0.05) is 37.1 Å². The summed E-state index contributed by atoms with van der Waals surface area (Å²) in [5.41, 5.74) is 5.13. The number of amides is 2. The molecule has 2 amide bonds. The van der Waals surface area contributed by atoms with Crippen molar-refractivity contribution in [2.45, 2.75) is 155 Å². The van der Waals surface area contributed by atoms with Crippen LogP contribution in [0.3, 0.4) is 0 Å². The molecule has 1 heterocycles. The summed E-state index contributed by atoms with van der Waals surface area (Å²) in [6, 6.07) is 15.7. The summed E-state index contributed by atoms with van der Waals surface area (Å²) in [7, 11) is 0. The Hall–Kier alpha value is -2.82. The van der Waals surface area contributed by atoms with Crippen LogP contribution in [0.5, 0.6) is 0 Å². The fraction of sp³-hybridized carbons (Fsp3) is 0.659. The van der Waals surface area contributed by atoms with Gasteiger partial charge in [-0.2, -0.15) is 0 Å². The lowest BCUT2D eigenvalue weighted by Gasteiger charge is -2.38. The zero-order valence-corrected chi connectivity index (χ0v) is 30.9. The van der Waals surface area contributed by atoms with Crippen LogP contribution in [0, 0.1) is 0 Å². The van der Waals surface area contributed by atoms with Crippen LogP contribution in [0.25, 0.3) is 0 Å². The number of rotatable bonds is 26. The molecule has 1 saturated heterocycles. The second kappa shape index (κ2) is 25.2. The van der Waals surface area contributed by atoms with Crippen LogP contribution in [0.4, 0.5) is 5.69 Å². The van der Waals surface area contributed by atoms with Crippen LogP contribution in [0.1, 0.15) is 159 Å². The lowest BCUT2D eigenvalue weighted by molar-refractivity contribution is -0.253. The summed E-state index contributed by atoms with van der Waals surface area (Å²) >= 11 is 0. The molecule has 0 spiro atoms. The minimum atomic E-state index is -0.587. The number of unbranched alkanes of at least 4 members (excludes halogenated alkanes) is 12. The lowest BCUT2D eigenvalue weighted by atomic mass is 9.99. The van der Waals surface area contributed by atoms with Gasteiger partial charge in [-0.15, -0.1) is 0 Å². The summed E-state index contributed by atoms with van der Waals surface area (Å²) in [5.74, 6) is -0.493. The second-order valence-electron chi connectivity index (χ2n) is 14.0. The molecule has 9 nitrogen and oxygen atoms in total. The third-order valence-electron chi connectivity index (χ3n) is 9.61. The maximum atomic E-state index is 12.7. The van der Waals surface area contributed by atoms with E-state index in [0.29, 0.717) is 24.9 Å². The lowest BCUT2D eigenvalue weighted by Crippen LogP contribution is -2.40. The van der Waals surface area contributed by atoms with E-state index in [1.807, 2.05) is 48.5 Å². The average Bonchev–Trinajstić information content (AvgIpc) is 3.14. The van der Waals surface area contributed by atoms with Crippen LogP contribution < -0.4 is 10.8 Å². The average molecular weight is 696 g/mol. The number of nitrogens with one attached hydrogen (secondary N) is 2. The number of hydrogen-bond acceptors (Lipinski definition) is 7. The van der Waals surface area contributed by atoms with Gasteiger partial charge in [-0.1, -0.05) is 121 Å². The minimum absolute atomic E-state index is 0.00535. The van der Waals surface area contributed by atoms with E-state index in [9.17, 15) is 14.7 Å². The van der Waals surface area contributed by atoms with Gasteiger partial charge in [0.15, 0.2) is 6.29 Å². The predicted molar refractivity (Wildman–Crippen MR) is 200 cm³/mol. The standard InChI is InChI=1S/C41H65N3O6/c1-3-5-7-9-11-16-27-44(28-17-12-10-8-6-4-2)31-37-30-38(34-25-23-33(32-45)24-26-34)50-41(49-37)35-19-18-20-36(29-35)42-39(46)21-14-13-15-22-40(47)43-48/h18-20,23-26,29,37-38,41,45,48H,3-17,21-22,27-28,30-32H2,1-2H3,(H,42,46)(H,43,47)/t37-,38+,41+/m0/s1. The first kappa shape index (κ1) is 41.6. The van der Waals surface area contributed by atoms with Crippen LogP contribution in [-0.4, -0.2) is 52.8 Å². The molecule has 0 radical (unpaired) electrons. The van der Waals surface area contributed by atoms with Crippen LogP contribution >= 0.6 is 0 Å². The third kappa shape index (κ3) is 16.5. The number of hydrogen-bond donors (Lipinski definition) is 4. The van der Waals surface area contributed by atoms with Crippen LogP contribution in [-0.2, 0) is 25.7 Å². The molecule has 4 N–H and O–H groups in total.